The molecule has 4 heteroatoms. The zero-order valence-corrected chi connectivity index (χ0v) is 13.3. The molecule has 0 aliphatic rings. The summed E-state index contributed by atoms with van der Waals surface area (Å²) >= 11 is 0. The van der Waals surface area contributed by atoms with E-state index in [0.29, 0.717) is 5.75 Å². The maximum Gasteiger partial charge on any atom is 0.164 e. The van der Waals surface area contributed by atoms with Crippen LogP contribution in [-0.4, -0.2) is 27.9 Å². The van der Waals surface area contributed by atoms with Crippen LogP contribution in [0.25, 0.3) is 0 Å². The maximum atomic E-state index is 5.42. The summed E-state index contributed by atoms with van der Waals surface area (Å²) in [5.41, 5.74) is 1.08. The number of nitrogens with one attached hydrogen (secondary N) is 1. The van der Waals surface area contributed by atoms with Crippen LogP contribution >= 0.6 is 0 Å². The van der Waals surface area contributed by atoms with Gasteiger partial charge in [-0.25, -0.2) is 0 Å². The highest BCUT2D eigenvalue weighted by Gasteiger charge is 2.12. The van der Waals surface area contributed by atoms with Gasteiger partial charge in [0.15, 0.2) is 11.5 Å². The molecule has 0 aliphatic carbocycles. The van der Waals surface area contributed by atoms with Crippen molar-refractivity contribution in [3.63, 3.8) is 0 Å². The van der Waals surface area contributed by atoms with Crippen molar-refractivity contribution < 1.29 is 14.2 Å². The highest BCUT2D eigenvalue weighted by molar-refractivity contribution is 5.50. The van der Waals surface area contributed by atoms with E-state index in [0.717, 1.165) is 36.1 Å². The lowest BCUT2D eigenvalue weighted by molar-refractivity contribution is 0.346. The molecule has 0 atom stereocenters. The molecule has 0 fully saturated rings. The van der Waals surface area contributed by atoms with E-state index in [9.17, 15) is 0 Å². The van der Waals surface area contributed by atoms with Crippen molar-refractivity contribution in [2.24, 2.45) is 5.92 Å². The van der Waals surface area contributed by atoms with E-state index >= 15 is 0 Å². The fraction of sp³-hybridized carbons (Fsp3) is 0.625. The molecule has 20 heavy (non-hydrogen) atoms. The minimum Gasteiger partial charge on any atom is -0.496 e. The molecule has 4 nitrogen and oxygen atoms in total. The Hall–Kier alpha value is -1.42. The number of hydrogen-bond donors (Lipinski definition) is 1. The summed E-state index contributed by atoms with van der Waals surface area (Å²) in [7, 11) is 4.94. The Balaban J connectivity index is 2.77. The molecule has 0 bridgehead atoms. The molecule has 1 aromatic rings. The second-order valence-electron chi connectivity index (χ2n) is 4.83. The van der Waals surface area contributed by atoms with E-state index in [-0.39, 0.29) is 0 Å². The summed E-state index contributed by atoms with van der Waals surface area (Å²) in [6.07, 6.45) is 2.40. The van der Waals surface area contributed by atoms with Gasteiger partial charge in [-0.1, -0.05) is 26.7 Å². The van der Waals surface area contributed by atoms with Gasteiger partial charge in [-0.15, -0.1) is 0 Å². The second-order valence-corrected chi connectivity index (χ2v) is 4.83. The predicted octanol–water partition coefficient (Wildman–Crippen LogP) is 3.24. The molecule has 0 saturated carbocycles. The molecule has 0 unspecified atom stereocenters. The summed E-state index contributed by atoms with van der Waals surface area (Å²) in [6.45, 7) is 6.24. The van der Waals surface area contributed by atoms with Crippen LogP contribution in [0.5, 0.6) is 17.2 Å². The normalized spacial score (nSPS) is 10.7. The number of ether oxygens (including phenoxy) is 3. The van der Waals surface area contributed by atoms with Crippen LogP contribution in [0.3, 0.4) is 0 Å². The lowest BCUT2D eigenvalue weighted by Gasteiger charge is -2.16. The molecule has 0 radical (unpaired) electrons. The van der Waals surface area contributed by atoms with Gasteiger partial charge < -0.3 is 19.5 Å². The molecule has 0 amide bonds. The van der Waals surface area contributed by atoms with Crippen molar-refractivity contribution in [3.8, 4) is 17.2 Å². The summed E-state index contributed by atoms with van der Waals surface area (Å²) in [5, 5.41) is 3.49. The Kier molecular flexibility index (Phi) is 7.23. The van der Waals surface area contributed by atoms with Gasteiger partial charge in [0.1, 0.15) is 5.75 Å². The van der Waals surface area contributed by atoms with Crippen LogP contribution in [0.2, 0.25) is 0 Å². The summed E-state index contributed by atoms with van der Waals surface area (Å²) in [5.74, 6) is 2.96. The molecule has 0 aromatic heterocycles. The Labute approximate surface area is 122 Å². The molecule has 0 spiro atoms. The predicted molar refractivity (Wildman–Crippen MR) is 81.9 cm³/mol. The standard InChI is InChI=1S/C16H27NO3/c1-6-12(7-2)10-17-11-13-8-15(19-4)16(20-5)9-14(13)18-3/h8-9,12,17H,6-7,10-11H2,1-5H3. The molecular formula is C16H27NO3. The van der Waals surface area contributed by atoms with Gasteiger partial charge in [-0.05, 0) is 18.5 Å². The van der Waals surface area contributed by atoms with Gasteiger partial charge in [0.2, 0.25) is 0 Å². The fourth-order valence-corrected chi connectivity index (χ4v) is 2.22. The molecular weight excluding hydrogens is 254 g/mol. The zero-order valence-electron chi connectivity index (χ0n) is 13.3. The lowest BCUT2D eigenvalue weighted by Crippen LogP contribution is -2.22. The van der Waals surface area contributed by atoms with Crippen molar-refractivity contribution in [2.45, 2.75) is 33.2 Å². The van der Waals surface area contributed by atoms with Crippen LogP contribution < -0.4 is 19.5 Å². The fourth-order valence-electron chi connectivity index (χ4n) is 2.22. The molecule has 114 valence electrons. The van der Waals surface area contributed by atoms with Gasteiger partial charge in [-0.3, -0.25) is 0 Å². The van der Waals surface area contributed by atoms with E-state index in [1.54, 1.807) is 21.3 Å². The number of methoxy groups -OCH3 is 3. The summed E-state index contributed by atoms with van der Waals surface area (Å²) < 4.78 is 16.0. The Bertz CT molecular complexity index is 403. The van der Waals surface area contributed by atoms with E-state index in [1.165, 1.54) is 12.8 Å². The lowest BCUT2D eigenvalue weighted by atomic mass is 10.0. The number of benzene rings is 1. The van der Waals surface area contributed by atoms with Crippen LogP contribution in [-0.2, 0) is 6.54 Å². The first-order valence-corrected chi connectivity index (χ1v) is 7.19. The first kappa shape index (κ1) is 16.6. The van der Waals surface area contributed by atoms with Gasteiger partial charge in [0, 0.05) is 18.2 Å². The van der Waals surface area contributed by atoms with Crippen LogP contribution in [0.4, 0.5) is 0 Å². The molecule has 0 saturated heterocycles. The minimum atomic E-state index is 0.688. The summed E-state index contributed by atoms with van der Waals surface area (Å²) in [6, 6.07) is 3.84. The SMILES string of the molecule is CCC(CC)CNCc1cc(OC)c(OC)cc1OC. The molecule has 0 aliphatic heterocycles. The maximum absolute atomic E-state index is 5.42. The van der Waals surface area contributed by atoms with Gasteiger partial charge in [0.05, 0.1) is 21.3 Å². The van der Waals surface area contributed by atoms with Gasteiger partial charge in [-0.2, -0.15) is 0 Å². The van der Waals surface area contributed by atoms with Crippen molar-refractivity contribution >= 4 is 0 Å². The quantitative estimate of drug-likeness (QED) is 0.754. The largest absolute Gasteiger partial charge is 0.496 e. The van der Waals surface area contributed by atoms with E-state index in [4.69, 9.17) is 14.2 Å². The van der Waals surface area contributed by atoms with Crippen LogP contribution in [0.15, 0.2) is 12.1 Å². The average Bonchev–Trinajstić information content (AvgIpc) is 2.50. The second kappa shape index (κ2) is 8.69. The highest BCUT2D eigenvalue weighted by Crippen LogP contribution is 2.34. The summed E-state index contributed by atoms with van der Waals surface area (Å²) in [4.78, 5) is 0. The topological polar surface area (TPSA) is 39.7 Å². The zero-order chi connectivity index (χ0) is 15.0. The number of hydrogen-bond acceptors (Lipinski definition) is 4. The van der Waals surface area contributed by atoms with Crippen molar-refractivity contribution in [1.82, 2.24) is 5.32 Å². The van der Waals surface area contributed by atoms with E-state index in [2.05, 4.69) is 19.2 Å². The first-order chi connectivity index (χ1) is 9.69. The van der Waals surface area contributed by atoms with Gasteiger partial charge >= 0.3 is 0 Å². The Morgan fingerprint density at radius 1 is 0.900 bits per heavy atom. The smallest absolute Gasteiger partial charge is 0.164 e. The molecule has 1 rings (SSSR count). The third-order valence-electron chi connectivity index (χ3n) is 3.69. The van der Waals surface area contributed by atoms with E-state index < -0.39 is 0 Å². The van der Waals surface area contributed by atoms with Crippen molar-refractivity contribution in [1.29, 1.82) is 0 Å². The van der Waals surface area contributed by atoms with Crippen LogP contribution in [0.1, 0.15) is 32.3 Å². The highest BCUT2D eigenvalue weighted by atomic mass is 16.5. The van der Waals surface area contributed by atoms with E-state index in [1.807, 2.05) is 12.1 Å². The molecule has 0 heterocycles. The monoisotopic (exact) mass is 281 g/mol. The van der Waals surface area contributed by atoms with Crippen molar-refractivity contribution in [3.05, 3.63) is 17.7 Å². The third kappa shape index (κ3) is 4.30. The Morgan fingerprint density at radius 3 is 1.95 bits per heavy atom. The first-order valence-electron chi connectivity index (χ1n) is 7.19. The minimum absolute atomic E-state index is 0.688. The average molecular weight is 281 g/mol. The number of rotatable bonds is 9. The van der Waals surface area contributed by atoms with Crippen molar-refractivity contribution in [2.75, 3.05) is 27.9 Å². The van der Waals surface area contributed by atoms with Crippen LogP contribution in [0, 0.1) is 5.92 Å². The Morgan fingerprint density at radius 2 is 1.45 bits per heavy atom. The third-order valence-corrected chi connectivity index (χ3v) is 3.69. The molecule has 1 N–H and O–H groups in total. The van der Waals surface area contributed by atoms with Gasteiger partial charge in [0.25, 0.3) is 0 Å². The molecule has 1 aromatic carbocycles.